The molecule has 0 aromatic rings. The van der Waals surface area contributed by atoms with Gasteiger partial charge < -0.3 is 0 Å². The Morgan fingerprint density at radius 3 is 2.06 bits per heavy atom. The first-order valence-corrected chi connectivity index (χ1v) is 7.21. The average molecular weight is 249 g/mol. The summed E-state index contributed by atoms with van der Waals surface area (Å²) in [5, 5.41) is 17.5. The fourth-order valence-electron chi connectivity index (χ4n) is 2.58. The van der Waals surface area contributed by atoms with Gasteiger partial charge >= 0.3 is 0 Å². The number of hydrogen-bond acceptors (Lipinski definition) is 3. The summed E-state index contributed by atoms with van der Waals surface area (Å²) in [6.07, 6.45) is 4.88. The van der Waals surface area contributed by atoms with Gasteiger partial charge in [-0.25, -0.2) is 0 Å². The van der Waals surface area contributed by atoms with Crippen LogP contribution >= 0.6 is 0 Å². The quantitative estimate of drug-likeness (QED) is 0.763. The summed E-state index contributed by atoms with van der Waals surface area (Å²) < 4.78 is 0. The molecular weight excluding hydrogens is 222 g/mol. The van der Waals surface area contributed by atoms with Gasteiger partial charge in [-0.05, 0) is 39.5 Å². The third-order valence-corrected chi connectivity index (χ3v) is 3.49. The minimum Gasteiger partial charge on any atom is -0.297 e. The molecular formula is C15H27N3. The highest BCUT2D eigenvalue weighted by atomic mass is 15.2. The fourth-order valence-corrected chi connectivity index (χ4v) is 2.58. The number of rotatable bonds is 4. The zero-order valence-corrected chi connectivity index (χ0v) is 12.3. The first-order valence-electron chi connectivity index (χ1n) is 7.21. The van der Waals surface area contributed by atoms with Gasteiger partial charge in [0.1, 0.15) is 0 Å². The van der Waals surface area contributed by atoms with E-state index in [0.717, 1.165) is 32.2 Å². The van der Waals surface area contributed by atoms with Gasteiger partial charge in [0.05, 0.1) is 12.1 Å². The summed E-state index contributed by atoms with van der Waals surface area (Å²) in [5.74, 6) is 0.265. The van der Waals surface area contributed by atoms with E-state index in [1.165, 1.54) is 0 Å². The van der Waals surface area contributed by atoms with Gasteiger partial charge in [-0.2, -0.15) is 10.5 Å². The van der Waals surface area contributed by atoms with Crippen molar-refractivity contribution in [3.8, 4) is 12.1 Å². The SMILES string of the molecule is CC.CC(C)N(CCC#N)C1CCC(C#N)CC1. The maximum absolute atomic E-state index is 8.86. The minimum atomic E-state index is 0.265. The molecule has 3 nitrogen and oxygen atoms in total. The van der Waals surface area contributed by atoms with Crippen molar-refractivity contribution >= 4 is 0 Å². The van der Waals surface area contributed by atoms with E-state index in [1.807, 2.05) is 13.8 Å². The lowest BCUT2D eigenvalue weighted by Crippen LogP contribution is -2.42. The summed E-state index contributed by atoms with van der Waals surface area (Å²) in [4.78, 5) is 2.43. The van der Waals surface area contributed by atoms with Gasteiger partial charge in [0, 0.05) is 31.0 Å². The molecule has 0 aromatic carbocycles. The van der Waals surface area contributed by atoms with Crippen molar-refractivity contribution in [3.63, 3.8) is 0 Å². The third-order valence-electron chi connectivity index (χ3n) is 3.49. The predicted octanol–water partition coefficient (Wildman–Crippen LogP) is 3.72. The molecule has 18 heavy (non-hydrogen) atoms. The lowest BCUT2D eigenvalue weighted by atomic mass is 9.86. The molecule has 0 amide bonds. The second-order valence-corrected chi connectivity index (χ2v) is 4.87. The van der Waals surface area contributed by atoms with Crippen molar-refractivity contribution in [1.82, 2.24) is 4.90 Å². The Morgan fingerprint density at radius 1 is 1.11 bits per heavy atom. The summed E-state index contributed by atoms with van der Waals surface area (Å²) in [6.45, 7) is 9.25. The Balaban J connectivity index is 0.00000137. The van der Waals surface area contributed by atoms with Gasteiger partial charge in [0.15, 0.2) is 0 Å². The van der Waals surface area contributed by atoms with Crippen molar-refractivity contribution in [1.29, 1.82) is 10.5 Å². The molecule has 0 bridgehead atoms. The van der Waals surface area contributed by atoms with E-state index >= 15 is 0 Å². The maximum atomic E-state index is 8.86. The number of nitriles is 2. The Hall–Kier alpha value is -1.06. The van der Waals surface area contributed by atoms with Gasteiger partial charge in [-0.1, -0.05) is 13.8 Å². The molecule has 1 aliphatic rings. The van der Waals surface area contributed by atoms with Gasteiger partial charge in [0.25, 0.3) is 0 Å². The van der Waals surface area contributed by atoms with Crippen LogP contribution in [0, 0.1) is 28.6 Å². The van der Waals surface area contributed by atoms with Gasteiger partial charge in [-0.15, -0.1) is 0 Å². The Bertz CT molecular complexity index is 277. The Kier molecular flexibility index (Phi) is 9.33. The molecule has 0 aromatic heterocycles. The molecule has 0 N–H and O–H groups in total. The second kappa shape index (κ2) is 9.92. The molecule has 0 heterocycles. The zero-order chi connectivity index (χ0) is 14.0. The van der Waals surface area contributed by atoms with Crippen molar-refractivity contribution in [2.24, 2.45) is 5.92 Å². The molecule has 1 rings (SSSR count). The minimum absolute atomic E-state index is 0.265. The molecule has 0 radical (unpaired) electrons. The van der Waals surface area contributed by atoms with Crippen LogP contribution in [0.4, 0.5) is 0 Å². The fraction of sp³-hybridized carbons (Fsp3) is 0.867. The van der Waals surface area contributed by atoms with Gasteiger partial charge in [0.2, 0.25) is 0 Å². The normalized spacial score (nSPS) is 22.9. The van der Waals surface area contributed by atoms with Crippen molar-refractivity contribution in [3.05, 3.63) is 0 Å². The average Bonchev–Trinajstić information content (AvgIpc) is 2.42. The van der Waals surface area contributed by atoms with E-state index < -0.39 is 0 Å². The van der Waals surface area contributed by atoms with Crippen LogP contribution in [0.2, 0.25) is 0 Å². The summed E-state index contributed by atoms with van der Waals surface area (Å²) in [5.41, 5.74) is 0. The smallest absolute Gasteiger partial charge is 0.0655 e. The van der Waals surface area contributed by atoms with E-state index in [4.69, 9.17) is 10.5 Å². The first kappa shape index (κ1) is 16.9. The first-order chi connectivity index (χ1) is 8.69. The largest absolute Gasteiger partial charge is 0.297 e. The predicted molar refractivity (Wildman–Crippen MR) is 74.8 cm³/mol. The van der Waals surface area contributed by atoms with E-state index in [2.05, 4.69) is 30.9 Å². The topological polar surface area (TPSA) is 50.8 Å². The molecule has 1 saturated carbocycles. The highest BCUT2D eigenvalue weighted by molar-refractivity contribution is 4.91. The van der Waals surface area contributed by atoms with Crippen LogP contribution in [0.1, 0.15) is 59.8 Å². The Labute approximate surface area is 112 Å². The molecule has 0 aliphatic heterocycles. The molecule has 0 unspecified atom stereocenters. The molecule has 0 spiro atoms. The molecule has 3 heteroatoms. The molecule has 0 saturated heterocycles. The second-order valence-electron chi connectivity index (χ2n) is 4.87. The summed E-state index contributed by atoms with van der Waals surface area (Å²) >= 11 is 0. The standard InChI is InChI=1S/C13H21N3.C2H6/c1-11(2)16(9-3-8-14)13-6-4-12(10-15)5-7-13;1-2/h11-13H,3-7,9H2,1-2H3;1-2H3. The number of hydrogen-bond donors (Lipinski definition) is 0. The van der Waals surface area contributed by atoms with E-state index in [0.29, 0.717) is 18.5 Å². The van der Waals surface area contributed by atoms with Crippen LogP contribution < -0.4 is 0 Å². The lowest BCUT2D eigenvalue weighted by Gasteiger charge is -2.37. The van der Waals surface area contributed by atoms with Crippen LogP contribution in [0.15, 0.2) is 0 Å². The van der Waals surface area contributed by atoms with Crippen molar-refractivity contribution < 1.29 is 0 Å². The van der Waals surface area contributed by atoms with E-state index in [-0.39, 0.29) is 5.92 Å². The van der Waals surface area contributed by atoms with Gasteiger partial charge in [-0.3, -0.25) is 4.90 Å². The highest BCUT2D eigenvalue weighted by Crippen LogP contribution is 2.28. The summed E-state index contributed by atoms with van der Waals surface area (Å²) in [7, 11) is 0. The zero-order valence-electron chi connectivity index (χ0n) is 12.3. The van der Waals surface area contributed by atoms with E-state index in [1.54, 1.807) is 0 Å². The van der Waals surface area contributed by atoms with E-state index in [9.17, 15) is 0 Å². The third kappa shape index (κ3) is 5.52. The highest BCUT2D eigenvalue weighted by Gasteiger charge is 2.26. The van der Waals surface area contributed by atoms with Crippen LogP contribution in [0.5, 0.6) is 0 Å². The van der Waals surface area contributed by atoms with Crippen molar-refractivity contribution in [2.45, 2.75) is 71.9 Å². The van der Waals surface area contributed by atoms with Crippen LogP contribution in [-0.2, 0) is 0 Å². The summed E-state index contributed by atoms with van der Waals surface area (Å²) in [6, 6.07) is 5.66. The molecule has 102 valence electrons. The van der Waals surface area contributed by atoms with Crippen LogP contribution in [0.25, 0.3) is 0 Å². The van der Waals surface area contributed by atoms with Crippen molar-refractivity contribution in [2.75, 3.05) is 6.54 Å². The molecule has 1 aliphatic carbocycles. The number of nitrogens with zero attached hydrogens (tertiary/aromatic N) is 3. The molecule has 0 atom stereocenters. The van der Waals surface area contributed by atoms with Crippen LogP contribution in [0.3, 0.4) is 0 Å². The van der Waals surface area contributed by atoms with Crippen LogP contribution in [-0.4, -0.2) is 23.5 Å². The monoisotopic (exact) mass is 249 g/mol. The lowest BCUT2D eigenvalue weighted by molar-refractivity contribution is 0.115. The maximum Gasteiger partial charge on any atom is 0.0655 e. The molecule has 1 fully saturated rings. The Morgan fingerprint density at radius 2 is 1.67 bits per heavy atom.